The molecular formula is C20H27F3N2O2S. The summed E-state index contributed by atoms with van der Waals surface area (Å²) in [5.41, 5.74) is -0.619. The van der Waals surface area contributed by atoms with Gasteiger partial charge in [-0.15, -0.1) is 11.8 Å². The summed E-state index contributed by atoms with van der Waals surface area (Å²) in [6, 6.07) is 2.26. The number of hydrogen-bond donors (Lipinski definition) is 1. The van der Waals surface area contributed by atoms with E-state index in [9.17, 15) is 18.0 Å². The Kier molecular flexibility index (Phi) is 6.81. The van der Waals surface area contributed by atoms with Gasteiger partial charge in [0.15, 0.2) is 0 Å². The summed E-state index contributed by atoms with van der Waals surface area (Å²) in [4.78, 5) is 15.8. The van der Waals surface area contributed by atoms with Crippen LogP contribution in [0.2, 0.25) is 0 Å². The lowest BCUT2D eigenvalue weighted by Gasteiger charge is -2.38. The average Bonchev–Trinajstić information content (AvgIpc) is 3.21. The van der Waals surface area contributed by atoms with Crippen LogP contribution in [0, 0.1) is 0 Å². The fourth-order valence-electron chi connectivity index (χ4n) is 4.33. The fraction of sp³-hybridized carbons (Fsp3) is 0.650. The molecule has 1 aromatic rings. The molecule has 1 amide bonds. The Labute approximate surface area is 168 Å². The van der Waals surface area contributed by atoms with E-state index in [4.69, 9.17) is 4.74 Å². The van der Waals surface area contributed by atoms with Gasteiger partial charge in [-0.2, -0.15) is 13.2 Å². The first-order chi connectivity index (χ1) is 13.3. The van der Waals surface area contributed by atoms with E-state index in [1.807, 2.05) is 0 Å². The molecule has 1 aliphatic heterocycles. The first-order valence-electron chi connectivity index (χ1n) is 9.73. The highest BCUT2D eigenvalue weighted by Crippen LogP contribution is 2.38. The van der Waals surface area contributed by atoms with Gasteiger partial charge in [0.1, 0.15) is 5.75 Å². The van der Waals surface area contributed by atoms with Crippen LogP contribution in [0.3, 0.4) is 0 Å². The molecule has 1 saturated heterocycles. The maximum atomic E-state index is 13.2. The molecule has 0 bridgehead atoms. The minimum atomic E-state index is -4.49. The smallest absolute Gasteiger partial charge is 0.416 e. The monoisotopic (exact) mass is 416 g/mol. The molecule has 0 radical (unpaired) electrons. The van der Waals surface area contributed by atoms with Gasteiger partial charge in [0, 0.05) is 17.0 Å². The van der Waals surface area contributed by atoms with Crippen molar-refractivity contribution in [3.05, 3.63) is 23.3 Å². The van der Waals surface area contributed by atoms with Crippen molar-refractivity contribution in [1.29, 1.82) is 0 Å². The quantitative estimate of drug-likeness (QED) is 0.714. The van der Waals surface area contributed by atoms with E-state index in [0.717, 1.165) is 62.7 Å². The van der Waals surface area contributed by atoms with Crippen molar-refractivity contribution in [3.63, 3.8) is 0 Å². The summed E-state index contributed by atoms with van der Waals surface area (Å²) in [5, 5.41) is 3.11. The topological polar surface area (TPSA) is 41.6 Å². The van der Waals surface area contributed by atoms with Crippen molar-refractivity contribution in [2.45, 2.75) is 61.7 Å². The molecule has 2 aliphatic rings. The summed E-state index contributed by atoms with van der Waals surface area (Å²) >= 11 is 1.12. The van der Waals surface area contributed by atoms with Gasteiger partial charge in [0.2, 0.25) is 0 Å². The van der Waals surface area contributed by atoms with Gasteiger partial charge in [-0.3, -0.25) is 9.69 Å². The summed E-state index contributed by atoms with van der Waals surface area (Å²) in [6.45, 7) is 2.10. The average molecular weight is 417 g/mol. The first-order valence-corrected chi connectivity index (χ1v) is 11.0. The standard InChI is InChI=1S/C20H27F3N2O2S/c1-27-16-11-13(20(21,22)23)12-17(28-2)18(16)19(26)24-14-7-3-4-8-15(14)25-9-5-6-10-25/h11-12,14-15H,3-10H2,1-2H3,(H,24,26)/t14-,15-/m0/s1. The summed E-state index contributed by atoms with van der Waals surface area (Å²) in [5.74, 6) is -0.392. The van der Waals surface area contributed by atoms with Crippen LogP contribution in [0.25, 0.3) is 0 Å². The van der Waals surface area contributed by atoms with Crippen molar-refractivity contribution in [3.8, 4) is 5.75 Å². The number of amides is 1. The van der Waals surface area contributed by atoms with E-state index in [1.165, 1.54) is 20.0 Å². The maximum absolute atomic E-state index is 13.2. The highest BCUT2D eigenvalue weighted by Gasteiger charge is 2.36. The van der Waals surface area contributed by atoms with Crippen molar-refractivity contribution in [1.82, 2.24) is 10.2 Å². The lowest BCUT2D eigenvalue weighted by molar-refractivity contribution is -0.137. The Morgan fingerprint density at radius 3 is 2.46 bits per heavy atom. The molecule has 28 heavy (non-hydrogen) atoms. The zero-order valence-electron chi connectivity index (χ0n) is 16.3. The lowest BCUT2D eigenvalue weighted by Crippen LogP contribution is -2.52. The highest BCUT2D eigenvalue weighted by molar-refractivity contribution is 7.98. The predicted molar refractivity (Wildman–Crippen MR) is 104 cm³/mol. The Balaban J connectivity index is 1.86. The number of alkyl halides is 3. The van der Waals surface area contributed by atoms with Crippen molar-refractivity contribution in [2.24, 2.45) is 0 Å². The molecule has 1 N–H and O–H groups in total. The number of rotatable bonds is 5. The second-order valence-corrected chi connectivity index (χ2v) is 8.28. The first kappa shape index (κ1) is 21.3. The van der Waals surface area contributed by atoms with Crippen LogP contribution in [0.5, 0.6) is 5.75 Å². The third-order valence-electron chi connectivity index (χ3n) is 5.72. The molecule has 3 rings (SSSR count). The Morgan fingerprint density at radius 1 is 1.18 bits per heavy atom. The number of likely N-dealkylation sites (tertiary alicyclic amines) is 1. The van der Waals surface area contributed by atoms with Crippen molar-refractivity contribution >= 4 is 17.7 Å². The number of hydrogen-bond acceptors (Lipinski definition) is 4. The molecular weight excluding hydrogens is 389 g/mol. The van der Waals surface area contributed by atoms with Gasteiger partial charge < -0.3 is 10.1 Å². The number of nitrogens with zero attached hydrogens (tertiary/aromatic N) is 1. The summed E-state index contributed by atoms with van der Waals surface area (Å²) in [7, 11) is 1.30. The number of carbonyl (C=O) groups is 1. The summed E-state index contributed by atoms with van der Waals surface area (Å²) in [6.07, 6.45) is 3.67. The van der Waals surface area contributed by atoms with Crippen LogP contribution in [0.15, 0.2) is 17.0 Å². The second-order valence-electron chi connectivity index (χ2n) is 7.43. The summed E-state index contributed by atoms with van der Waals surface area (Å²) < 4.78 is 44.7. The van der Waals surface area contributed by atoms with Crippen molar-refractivity contribution in [2.75, 3.05) is 26.5 Å². The third kappa shape index (κ3) is 4.59. The molecule has 1 saturated carbocycles. The SMILES string of the molecule is COc1cc(C(F)(F)F)cc(SC)c1C(=O)N[C@H]1CCCC[C@@H]1N1CCCC1. The van der Waals surface area contributed by atoms with E-state index in [1.54, 1.807) is 6.26 Å². The molecule has 156 valence electrons. The molecule has 1 aromatic carbocycles. The van der Waals surface area contributed by atoms with Gasteiger partial charge in [0.25, 0.3) is 5.91 Å². The molecule has 1 heterocycles. The normalized spacial score (nSPS) is 23.6. The zero-order chi connectivity index (χ0) is 20.3. The number of methoxy groups -OCH3 is 1. The molecule has 0 unspecified atom stereocenters. The second kappa shape index (κ2) is 8.95. The highest BCUT2D eigenvalue weighted by atomic mass is 32.2. The van der Waals surface area contributed by atoms with Gasteiger partial charge in [-0.25, -0.2) is 0 Å². The minimum absolute atomic E-state index is 0.0149. The largest absolute Gasteiger partial charge is 0.496 e. The van der Waals surface area contributed by atoms with Gasteiger partial charge >= 0.3 is 6.18 Å². The van der Waals surface area contributed by atoms with Crippen LogP contribution in [-0.4, -0.2) is 49.3 Å². The van der Waals surface area contributed by atoms with Crippen LogP contribution < -0.4 is 10.1 Å². The molecule has 1 aliphatic carbocycles. The van der Waals surface area contributed by atoms with Crippen LogP contribution in [0.4, 0.5) is 13.2 Å². The van der Waals surface area contributed by atoms with Crippen molar-refractivity contribution < 1.29 is 22.7 Å². The molecule has 2 atom stereocenters. The Morgan fingerprint density at radius 2 is 1.86 bits per heavy atom. The third-order valence-corrected chi connectivity index (χ3v) is 6.48. The Hall–Kier alpha value is -1.41. The number of benzene rings is 1. The van der Waals surface area contributed by atoms with Gasteiger partial charge in [0.05, 0.1) is 18.2 Å². The maximum Gasteiger partial charge on any atom is 0.416 e. The van der Waals surface area contributed by atoms with E-state index >= 15 is 0 Å². The van der Waals surface area contributed by atoms with Crippen LogP contribution in [-0.2, 0) is 6.18 Å². The minimum Gasteiger partial charge on any atom is -0.496 e. The number of thioether (sulfide) groups is 1. The molecule has 8 heteroatoms. The number of nitrogens with one attached hydrogen (secondary N) is 1. The van der Waals surface area contributed by atoms with Crippen LogP contribution >= 0.6 is 11.8 Å². The number of ether oxygens (including phenoxy) is 1. The van der Waals surface area contributed by atoms with Gasteiger partial charge in [-0.1, -0.05) is 12.8 Å². The zero-order valence-corrected chi connectivity index (χ0v) is 17.1. The molecule has 2 fully saturated rings. The predicted octanol–water partition coefficient (Wildman–Crippen LogP) is 4.57. The van der Waals surface area contributed by atoms with E-state index in [2.05, 4.69) is 10.2 Å². The fourth-order valence-corrected chi connectivity index (χ4v) is 4.97. The number of halogens is 3. The Bertz CT molecular complexity index is 680. The lowest BCUT2D eigenvalue weighted by atomic mass is 9.89. The van der Waals surface area contributed by atoms with Crippen LogP contribution in [0.1, 0.15) is 54.4 Å². The van der Waals surface area contributed by atoms with Gasteiger partial charge in [-0.05, 0) is 57.2 Å². The van der Waals surface area contributed by atoms with E-state index in [0.29, 0.717) is 6.04 Å². The molecule has 0 aromatic heterocycles. The molecule has 4 nitrogen and oxygen atoms in total. The van der Waals surface area contributed by atoms with E-state index < -0.39 is 11.7 Å². The van der Waals surface area contributed by atoms with E-state index in [-0.39, 0.29) is 28.2 Å². The number of carbonyl (C=O) groups excluding carboxylic acids is 1. The molecule has 0 spiro atoms.